The lowest BCUT2D eigenvalue weighted by molar-refractivity contribution is 0.632. The highest BCUT2D eigenvalue weighted by molar-refractivity contribution is 5.79. The molecule has 7 heteroatoms. The minimum atomic E-state index is 0.791. The van der Waals surface area contributed by atoms with Crippen molar-refractivity contribution in [2.75, 3.05) is 38.1 Å². The second-order valence-electron chi connectivity index (χ2n) is 6.09. The largest absolute Gasteiger partial charge is 0.375 e. The molecule has 142 valence electrons. The molecule has 0 aliphatic rings. The normalized spacial score (nSPS) is 11.4. The van der Waals surface area contributed by atoms with Crippen LogP contribution in [0.2, 0.25) is 0 Å². The van der Waals surface area contributed by atoms with Crippen molar-refractivity contribution in [3.8, 4) is 0 Å². The second kappa shape index (κ2) is 11.1. The van der Waals surface area contributed by atoms with Gasteiger partial charge in [0.15, 0.2) is 5.96 Å². The van der Waals surface area contributed by atoms with Crippen molar-refractivity contribution < 1.29 is 0 Å². The summed E-state index contributed by atoms with van der Waals surface area (Å²) in [7, 11) is 2.12. The van der Waals surface area contributed by atoms with Crippen LogP contribution in [0.25, 0.3) is 0 Å². The number of hydrogen-bond donors (Lipinski definition) is 2. The Morgan fingerprint density at radius 2 is 2.00 bits per heavy atom. The van der Waals surface area contributed by atoms with Crippen LogP contribution in [0, 0.1) is 0 Å². The van der Waals surface area contributed by atoms with Gasteiger partial charge < -0.3 is 20.1 Å². The molecule has 2 rings (SSSR count). The van der Waals surface area contributed by atoms with Crippen LogP contribution in [0.3, 0.4) is 0 Å². The average molecular weight is 358 g/mol. The smallest absolute Gasteiger partial charge is 0.191 e. The third-order valence-electron chi connectivity index (χ3n) is 4.12. The quantitative estimate of drug-likeness (QED) is 0.386. The molecule has 26 heavy (non-hydrogen) atoms. The van der Waals surface area contributed by atoms with Crippen LogP contribution in [0.1, 0.15) is 26.1 Å². The van der Waals surface area contributed by atoms with Crippen molar-refractivity contribution in [1.29, 1.82) is 0 Å². The topological polar surface area (TPSA) is 70.4 Å². The van der Waals surface area contributed by atoms with E-state index in [9.17, 15) is 0 Å². The van der Waals surface area contributed by atoms with E-state index in [0.29, 0.717) is 0 Å². The van der Waals surface area contributed by atoms with Crippen LogP contribution < -0.4 is 15.5 Å². The summed E-state index contributed by atoms with van der Waals surface area (Å²) in [5.74, 6) is 1.87. The highest BCUT2D eigenvalue weighted by Crippen LogP contribution is 2.10. The third kappa shape index (κ3) is 6.38. The van der Waals surface area contributed by atoms with Gasteiger partial charge >= 0.3 is 0 Å². The molecule has 0 aliphatic carbocycles. The Kier molecular flexibility index (Phi) is 8.45. The summed E-state index contributed by atoms with van der Waals surface area (Å²) < 4.78 is 2.07. The van der Waals surface area contributed by atoms with Crippen molar-refractivity contribution in [3.63, 3.8) is 0 Å². The Morgan fingerprint density at radius 1 is 1.19 bits per heavy atom. The molecule has 1 heterocycles. The summed E-state index contributed by atoms with van der Waals surface area (Å²) in [5, 5.41) is 14.7. The van der Waals surface area contributed by atoms with Crippen LogP contribution in [-0.2, 0) is 13.0 Å². The monoisotopic (exact) mass is 357 g/mol. The molecule has 2 N–H and O–H groups in total. The average Bonchev–Trinajstić information content (AvgIpc) is 3.13. The van der Waals surface area contributed by atoms with Crippen molar-refractivity contribution in [2.45, 2.75) is 33.2 Å². The zero-order chi connectivity index (χ0) is 18.6. The van der Waals surface area contributed by atoms with Crippen LogP contribution in [0.4, 0.5) is 5.69 Å². The lowest BCUT2D eigenvalue weighted by atomic mass is 10.3. The van der Waals surface area contributed by atoms with E-state index in [1.54, 1.807) is 6.33 Å². The van der Waals surface area contributed by atoms with Crippen molar-refractivity contribution in [2.24, 2.45) is 4.99 Å². The molecule has 0 amide bonds. The summed E-state index contributed by atoms with van der Waals surface area (Å²) in [6, 6.07) is 10.4. The van der Waals surface area contributed by atoms with Crippen molar-refractivity contribution >= 4 is 11.6 Å². The first-order chi connectivity index (χ1) is 12.7. The number of guanidine groups is 1. The number of aliphatic imine (C=N–C) groups is 1. The van der Waals surface area contributed by atoms with Gasteiger partial charge in [0, 0.05) is 51.9 Å². The van der Waals surface area contributed by atoms with Gasteiger partial charge in [-0.1, -0.05) is 25.1 Å². The maximum atomic E-state index is 4.67. The molecule has 2 aromatic rings. The molecule has 0 atom stereocenters. The number of aryl methyl sites for hydroxylation is 1. The Hall–Kier alpha value is -2.57. The summed E-state index contributed by atoms with van der Waals surface area (Å²) in [5.41, 5.74) is 1.24. The summed E-state index contributed by atoms with van der Waals surface area (Å²) in [6.45, 7) is 8.41. The lowest BCUT2D eigenvalue weighted by Gasteiger charge is -2.18. The van der Waals surface area contributed by atoms with E-state index in [-0.39, 0.29) is 0 Å². The van der Waals surface area contributed by atoms with E-state index >= 15 is 0 Å². The number of anilines is 1. The summed E-state index contributed by atoms with van der Waals surface area (Å²) in [4.78, 5) is 6.93. The molecular formula is C19H31N7. The van der Waals surface area contributed by atoms with Crippen LogP contribution in [0.15, 0.2) is 41.7 Å². The second-order valence-corrected chi connectivity index (χ2v) is 6.09. The molecule has 0 radical (unpaired) electrons. The molecule has 1 aromatic carbocycles. The molecule has 0 fully saturated rings. The molecule has 0 bridgehead atoms. The van der Waals surface area contributed by atoms with Gasteiger partial charge in [-0.2, -0.15) is 0 Å². The molecule has 0 unspecified atom stereocenters. The zero-order valence-corrected chi connectivity index (χ0v) is 16.1. The third-order valence-corrected chi connectivity index (χ3v) is 4.12. The summed E-state index contributed by atoms with van der Waals surface area (Å²) >= 11 is 0. The van der Waals surface area contributed by atoms with E-state index in [2.05, 4.69) is 80.5 Å². The van der Waals surface area contributed by atoms with Crippen LogP contribution >= 0.6 is 0 Å². The van der Waals surface area contributed by atoms with Gasteiger partial charge in [0.05, 0.1) is 0 Å². The van der Waals surface area contributed by atoms with Crippen LogP contribution in [-0.4, -0.2) is 54.0 Å². The van der Waals surface area contributed by atoms with Gasteiger partial charge in [-0.05, 0) is 25.5 Å². The first kappa shape index (κ1) is 19.8. The minimum Gasteiger partial charge on any atom is -0.375 e. The summed E-state index contributed by atoms with van der Waals surface area (Å²) in [6.07, 6.45) is 3.68. The number of rotatable bonds is 10. The van der Waals surface area contributed by atoms with Crippen molar-refractivity contribution in [3.05, 3.63) is 42.5 Å². The maximum Gasteiger partial charge on any atom is 0.191 e. The van der Waals surface area contributed by atoms with Gasteiger partial charge in [-0.25, -0.2) is 0 Å². The predicted molar refractivity (Wildman–Crippen MR) is 108 cm³/mol. The fraction of sp³-hybridized carbons (Fsp3) is 0.526. The lowest BCUT2D eigenvalue weighted by Crippen LogP contribution is -2.39. The number of benzene rings is 1. The Bertz CT molecular complexity index is 651. The number of nitrogens with one attached hydrogen (secondary N) is 2. The highest BCUT2D eigenvalue weighted by atomic mass is 15.3. The Labute approximate surface area is 156 Å². The highest BCUT2D eigenvalue weighted by Gasteiger charge is 2.03. The van der Waals surface area contributed by atoms with E-state index in [4.69, 9.17) is 0 Å². The van der Waals surface area contributed by atoms with E-state index in [1.807, 2.05) is 6.07 Å². The van der Waals surface area contributed by atoms with E-state index < -0.39 is 0 Å². The van der Waals surface area contributed by atoms with Gasteiger partial charge in [-0.15, -0.1) is 10.2 Å². The number of nitrogens with zero attached hydrogens (tertiary/aromatic N) is 5. The number of para-hydroxylation sites is 1. The fourth-order valence-corrected chi connectivity index (χ4v) is 2.69. The predicted octanol–water partition coefficient (Wildman–Crippen LogP) is 1.92. The molecule has 0 saturated carbocycles. The van der Waals surface area contributed by atoms with Crippen molar-refractivity contribution in [1.82, 2.24) is 25.4 Å². The Morgan fingerprint density at radius 3 is 2.73 bits per heavy atom. The molecule has 7 nitrogen and oxygen atoms in total. The first-order valence-electron chi connectivity index (χ1n) is 9.39. The fourth-order valence-electron chi connectivity index (χ4n) is 2.69. The number of aromatic nitrogens is 3. The number of hydrogen-bond acceptors (Lipinski definition) is 4. The van der Waals surface area contributed by atoms with Crippen LogP contribution in [0.5, 0.6) is 0 Å². The van der Waals surface area contributed by atoms with Gasteiger partial charge in [0.1, 0.15) is 12.2 Å². The maximum absolute atomic E-state index is 4.67. The zero-order valence-electron chi connectivity index (χ0n) is 16.1. The SMILES string of the molecule is CCNC(=NCCCN(C)c1ccccc1)NCCn1cnnc1CC. The van der Waals surface area contributed by atoms with Gasteiger partial charge in [0.25, 0.3) is 0 Å². The minimum absolute atomic E-state index is 0.791. The molecule has 1 aromatic heterocycles. The molecule has 0 aliphatic heterocycles. The van der Waals surface area contributed by atoms with Gasteiger partial charge in [0.2, 0.25) is 0 Å². The van der Waals surface area contributed by atoms with E-state index in [1.165, 1.54) is 5.69 Å². The van der Waals surface area contributed by atoms with E-state index in [0.717, 1.165) is 57.3 Å². The molecule has 0 spiro atoms. The molecular weight excluding hydrogens is 326 g/mol. The standard InChI is InChI=1S/C19H31N7/c1-4-18-24-23-16-26(18)15-13-22-19(20-5-2)21-12-9-14-25(3)17-10-7-6-8-11-17/h6-8,10-11,16H,4-5,9,12-15H2,1-3H3,(H2,20,21,22). The van der Waals surface area contributed by atoms with Gasteiger partial charge in [-0.3, -0.25) is 4.99 Å². The molecule has 0 saturated heterocycles. The Balaban J connectivity index is 1.73. The first-order valence-corrected chi connectivity index (χ1v) is 9.39.